The fraction of sp³-hybridized carbons (Fsp3) is 0.462. The third-order valence-corrected chi connectivity index (χ3v) is 4.30. The monoisotopic (exact) mass is 247 g/mol. The molecule has 0 aromatic carbocycles. The minimum Gasteiger partial charge on any atom is -0.340 e. The van der Waals surface area contributed by atoms with E-state index in [1.54, 1.807) is 0 Å². The van der Waals surface area contributed by atoms with Crippen molar-refractivity contribution < 1.29 is 0 Å². The first-order valence-corrected chi connectivity index (χ1v) is 7.03. The quantitative estimate of drug-likeness (QED) is 0.853. The summed E-state index contributed by atoms with van der Waals surface area (Å²) in [6, 6.07) is 5.11. The van der Waals surface area contributed by atoms with Gasteiger partial charge in [-0.3, -0.25) is 0 Å². The van der Waals surface area contributed by atoms with Gasteiger partial charge < -0.3 is 10.3 Å². The molecular formula is C13H17N3S. The molecule has 3 nitrogen and oxygen atoms in total. The molecule has 2 N–H and O–H groups in total. The minimum absolute atomic E-state index is 0.733. The topological polar surface area (TPSA) is 40.7 Å². The van der Waals surface area contributed by atoms with Crippen molar-refractivity contribution in [2.75, 3.05) is 0 Å². The molecule has 1 aliphatic carbocycles. The lowest BCUT2D eigenvalue weighted by atomic mass is 10.3. The molecule has 1 saturated carbocycles. The molecule has 0 bridgehead atoms. The molecule has 1 aliphatic rings. The molecule has 2 aromatic heterocycles. The van der Waals surface area contributed by atoms with Gasteiger partial charge in [0.25, 0.3) is 0 Å². The van der Waals surface area contributed by atoms with Crippen LogP contribution >= 0.6 is 11.3 Å². The Balaban J connectivity index is 1.69. The highest BCUT2D eigenvalue weighted by atomic mass is 32.1. The Bertz CT molecular complexity index is 496. The molecule has 0 spiro atoms. The second kappa shape index (κ2) is 4.63. The summed E-state index contributed by atoms with van der Waals surface area (Å²) in [7, 11) is 0. The van der Waals surface area contributed by atoms with Crippen LogP contribution in [0, 0.1) is 0 Å². The number of nitrogens with zero attached hydrogens (tertiary/aromatic N) is 1. The van der Waals surface area contributed by atoms with Crippen molar-refractivity contribution in [3.8, 4) is 10.6 Å². The Labute approximate surface area is 105 Å². The van der Waals surface area contributed by atoms with E-state index in [0.717, 1.165) is 30.5 Å². The van der Waals surface area contributed by atoms with E-state index in [9.17, 15) is 0 Å². The second-order valence-electron chi connectivity index (χ2n) is 4.52. The van der Waals surface area contributed by atoms with Gasteiger partial charge >= 0.3 is 0 Å². The largest absolute Gasteiger partial charge is 0.340 e. The minimum atomic E-state index is 0.733. The van der Waals surface area contributed by atoms with Gasteiger partial charge in [-0.25, -0.2) is 4.98 Å². The van der Waals surface area contributed by atoms with Crippen molar-refractivity contribution >= 4 is 11.3 Å². The molecule has 3 rings (SSSR count). The average Bonchev–Trinajstić information content (AvgIpc) is 2.89. The molecule has 1 fully saturated rings. The van der Waals surface area contributed by atoms with Gasteiger partial charge in [0.2, 0.25) is 0 Å². The van der Waals surface area contributed by atoms with Crippen LogP contribution in [0.25, 0.3) is 10.6 Å². The standard InChI is InChI=1S/C13H17N3S/c1-2-10-5-6-12(17-10)11-7-15-13(16-11)8-14-9-3-4-9/h5-7,9,14H,2-4,8H2,1H3,(H,15,16). The Morgan fingerprint density at radius 2 is 2.35 bits per heavy atom. The highest BCUT2D eigenvalue weighted by Gasteiger charge is 2.20. The summed E-state index contributed by atoms with van der Waals surface area (Å²) in [5.74, 6) is 1.04. The molecule has 17 heavy (non-hydrogen) atoms. The van der Waals surface area contributed by atoms with Gasteiger partial charge in [-0.2, -0.15) is 0 Å². The summed E-state index contributed by atoms with van der Waals surface area (Å²) < 4.78 is 0. The number of aromatic nitrogens is 2. The van der Waals surface area contributed by atoms with Crippen LogP contribution in [-0.2, 0) is 13.0 Å². The Morgan fingerprint density at radius 3 is 3.06 bits per heavy atom. The maximum Gasteiger partial charge on any atom is 0.120 e. The number of H-pyrrole nitrogens is 1. The molecule has 0 aliphatic heterocycles. The summed E-state index contributed by atoms with van der Waals surface area (Å²) in [4.78, 5) is 10.5. The first-order valence-electron chi connectivity index (χ1n) is 6.21. The van der Waals surface area contributed by atoms with E-state index in [1.807, 2.05) is 17.5 Å². The van der Waals surface area contributed by atoms with E-state index in [0.29, 0.717) is 0 Å². The summed E-state index contributed by atoms with van der Waals surface area (Å²) in [6.07, 6.45) is 5.68. The van der Waals surface area contributed by atoms with Crippen LogP contribution in [-0.4, -0.2) is 16.0 Å². The van der Waals surface area contributed by atoms with Crippen LogP contribution in [0.2, 0.25) is 0 Å². The van der Waals surface area contributed by atoms with Crippen LogP contribution in [0.1, 0.15) is 30.5 Å². The van der Waals surface area contributed by atoms with Gasteiger partial charge in [-0.05, 0) is 31.4 Å². The fourth-order valence-electron chi connectivity index (χ4n) is 1.82. The number of nitrogens with one attached hydrogen (secondary N) is 2. The summed E-state index contributed by atoms with van der Waals surface area (Å²) in [6.45, 7) is 3.05. The summed E-state index contributed by atoms with van der Waals surface area (Å²) in [5, 5.41) is 3.46. The predicted octanol–water partition coefficient (Wildman–Crippen LogP) is 2.95. The molecule has 90 valence electrons. The number of hydrogen-bond donors (Lipinski definition) is 2. The third kappa shape index (κ3) is 2.58. The highest BCUT2D eigenvalue weighted by Crippen LogP contribution is 2.27. The van der Waals surface area contributed by atoms with Gasteiger partial charge in [0, 0.05) is 10.9 Å². The zero-order valence-corrected chi connectivity index (χ0v) is 10.8. The Hall–Kier alpha value is -1.13. The molecule has 2 heterocycles. The zero-order chi connectivity index (χ0) is 11.7. The van der Waals surface area contributed by atoms with Crippen LogP contribution < -0.4 is 5.32 Å². The summed E-state index contributed by atoms with van der Waals surface area (Å²) in [5.41, 5.74) is 1.14. The number of hydrogen-bond acceptors (Lipinski definition) is 3. The van der Waals surface area contributed by atoms with Gasteiger partial charge in [-0.1, -0.05) is 6.92 Å². The van der Waals surface area contributed by atoms with Gasteiger partial charge in [-0.15, -0.1) is 11.3 Å². The van der Waals surface area contributed by atoms with Crippen molar-refractivity contribution in [3.63, 3.8) is 0 Å². The molecule has 0 amide bonds. The van der Waals surface area contributed by atoms with E-state index < -0.39 is 0 Å². The van der Waals surface area contributed by atoms with Crippen molar-refractivity contribution in [1.82, 2.24) is 15.3 Å². The fourth-order valence-corrected chi connectivity index (χ4v) is 2.73. The number of aromatic amines is 1. The molecule has 4 heteroatoms. The zero-order valence-electron chi connectivity index (χ0n) is 9.99. The normalized spacial score (nSPS) is 15.4. The second-order valence-corrected chi connectivity index (χ2v) is 5.69. The van der Waals surface area contributed by atoms with Crippen molar-refractivity contribution in [3.05, 3.63) is 29.0 Å². The number of thiophene rings is 1. The lowest BCUT2D eigenvalue weighted by Crippen LogP contribution is -2.16. The van der Waals surface area contributed by atoms with Crippen LogP contribution in [0.15, 0.2) is 18.3 Å². The van der Waals surface area contributed by atoms with E-state index in [2.05, 4.69) is 34.3 Å². The van der Waals surface area contributed by atoms with E-state index in [-0.39, 0.29) is 0 Å². The van der Waals surface area contributed by atoms with E-state index in [4.69, 9.17) is 0 Å². The lowest BCUT2D eigenvalue weighted by molar-refractivity contribution is 0.664. The number of aryl methyl sites for hydroxylation is 1. The molecule has 0 atom stereocenters. The molecule has 0 saturated heterocycles. The van der Waals surface area contributed by atoms with Crippen molar-refractivity contribution in [2.24, 2.45) is 0 Å². The first-order chi connectivity index (χ1) is 8.35. The highest BCUT2D eigenvalue weighted by molar-refractivity contribution is 7.15. The van der Waals surface area contributed by atoms with Crippen molar-refractivity contribution in [1.29, 1.82) is 0 Å². The Kier molecular flexibility index (Phi) is 2.99. The SMILES string of the molecule is CCc1ccc(-c2cnc(CNC3CC3)[nH]2)s1. The lowest BCUT2D eigenvalue weighted by Gasteiger charge is -1.97. The average molecular weight is 247 g/mol. The maximum absolute atomic E-state index is 4.42. The van der Waals surface area contributed by atoms with E-state index >= 15 is 0 Å². The van der Waals surface area contributed by atoms with Gasteiger partial charge in [0.15, 0.2) is 0 Å². The number of rotatable bonds is 5. The molecular weight excluding hydrogens is 230 g/mol. The van der Waals surface area contributed by atoms with Gasteiger partial charge in [0.1, 0.15) is 5.82 Å². The van der Waals surface area contributed by atoms with Crippen molar-refractivity contribution in [2.45, 2.75) is 38.8 Å². The van der Waals surface area contributed by atoms with Crippen LogP contribution in [0.3, 0.4) is 0 Å². The summed E-state index contributed by atoms with van der Waals surface area (Å²) >= 11 is 1.84. The van der Waals surface area contributed by atoms with Crippen LogP contribution in [0.4, 0.5) is 0 Å². The molecule has 0 unspecified atom stereocenters. The van der Waals surface area contributed by atoms with Gasteiger partial charge in [0.05, 0.1) is 23.3 Å². The predicted molar refractivity (Wildman–Crippen MR) is 71.1 cm³/mol. The smallest absolute Gasteiger partial charge is 0.120 e. The Morgan fingerprint density at radius 1 is 1.47 bits per heavy atom. The first kappa shape index (κ1) is 11.0. The van der Waals surface area contributed by atoms with Crippen LogP contribution in [0.5, 0.6) is 0 Å². The third-order valence-electron chi connectivity index (χ3n) is 3.04. The maximum atomic E-state index is 4.42. The molecule has 2 aromatic rings. The van der Waals surface area contributed by atoms with E-state index in [1.165, 1.54) is 22.6 Å². The molecule has 0 radical (unpaired) electrons. The number of imidazole rings is 1.